The van der Waals surface area contributed by atoms with Gasteiger partial charge < -0.3 is 15.2 Å². The number of aliphatic hydroxyl groups is 1. The zero-order valence-corrected chi connectivity index (χ0v) is 11.7. The molecule has 2 N–H and O–H groups in total. The average molecular weight is 302 g/mol. The zero-order valence-electron chi connectivity index (χ0n) is 10.2. The molecule has 1 aromatic rings. The average Bonchev–Trinajstić information content (AvgIpc) is 2.32. The predicted molar refractivity (Wildman–Crippen MR) is 73.0 cm³/mol. The second-order valence-electron chi connectivity index (χ2n) is 4.00. The molecule has 1 unspecified atom stereocenters. The van der Waals surface area contributed by atoms with Crippen LogP contribution in [0.15, 0.2) is 28.7 Å². The van der Waals surface area contributed by atoms with E-state index < -0.39 is 6.10 Å². The second kappa shape index (κ2) is 8.64. The minimum atomic E-state index is -0.433. The maximum absolute atomic E-state index is 9.60. The van der Waals surface area contributed by atoms with Crippen molar-refractivity contribution >= 4 is 15.9 Å². The molecule has 3 nitrogen and oxygen atoms in total. The summed E-state index contributed by atoms with van der Waals surface area (Å²) in [5, 5.41) is 12.8. The van der Waals surface area contributed by atoms with E-state index in [1.54, 1.807) is 0 Å². The number of ether oxygens (including phenoxy) is 1. The van der Waals surface area contributed by atoms with Gasteiger partial charge in [0.15, 0.2) is 0 Å². The van der Waals surface area contributed by atoms with Gasteiger partial charge in [0.25, 0.3) is 0 Å². The molecule has 0 aliphatic rings. The largest absolute Gasteiger partial charge is 0.389 e. The van der Waals surface area contributed by atoms with Crippen LogP contribution in [0, 0.1) is 0 Å². The van der Waals surface area contributed by atoms with Crippen LogP contribution >= 0.6 is 15.9 Å². The second-order valence-corrected chi connectivity index (χ2v) is 4.92. The minimum Gasteiger partial charge on any atom is -0.389 e. The molecule has 96 valence electrons. The van der Waals surface area contributed by atoms with Gasteiger partial charge in [0, 0.05) is 11.0 Å². The van der Waals surface area contributed by atoms with Gasteiger partial charge in [-0.1, -0.05) is 35.0 Å². The fourth-order valence-corrected chi connectivity index (χ4v) is 1.66. The summed E-state index contributed by atoms with van der Waals surface area (Å²) >= 11 is 3.38. The molecule has 1 atom stereocenters. The molecule has 0 bridgehead atoms. The van der Waals surface area contributed by atoms with Crippen LogP contribution in [0.4, 0.5) is 0 Å². The molecule has 1 rings (SSSR count). The van der Waals surface area contributed by atoms with Crippen molar-refractivity contribution in [3.8, 4) is 0 Å². The summed E-state index contributed by atoms with van der Waals surface area (Å²) in [5.74, 6) is 0. The number of halogens is 1. The number of nitrogens with one attached hydrogen (secondary N) is 1. The molecule has 0 saturated carbocycles. The fraction of sp³-hybridized carbons (Fsp3) is 0.538. The summed E-state index contributed by atoms with van der Waals surface area (Å²) in [4.78, 5) is 0. The molecule has 0 radical (unpaired) electrons. The summed E-state index contributed by atoms with van der Waals surface area (Å²) < 4.78 is 6.51. The molecule has 0 fully saturated rings. The Morgan fingerprint density at radius 2 is 2.06 bits per heavy atom. The van der Waals surface area contributed by atoms with Crippen LogP contribution in [-0.2, 0) is 11.3 Å². The minimum absolute atomic E-state index is 0.368. The number of benzene rings is 1. The molecule has 0 spiro atoms. The van der Waals surface area contributed by atoms with Crippen LogP contribution in [0.3, 0.4) is 0 Å². The quantitative estimate of drug-likeness (QED) is 0.724. The standard InChI is InChI=1S/C13H20BrNO2/c1-2-7-15-8-13(16)10-17-9-11-3-5-12(14)6-4-11/h3-6,13,15-16H,2,7-10H2,1H3. The molecular weight excluding hydrogens is 282 g/mol. The normalized spacial score (nSPS) is 12.6. The van der Waals surface area contributed by atoms with Gasteiger partial charge in [0.05, 0.1) is 19.3 Å². The Hall–Kier alpha value is -0.420. The van der Waals surface area contributed by atoms with Crippen molar-refractivity contribution < 1.29 is 9.84 Å². The van der Waals surface area contributed by atoms with Gasteiger partial charge in [0.2, 0.25) is 0 Å². The third-order valence-electron chi connectivity index (χ3n) is 2.30. The number of aliphatic hydroxyl groups excluding tert-OH is 1. The number of hydrogen-bond donors (Lipinski definition) is 2. The van der Waals surface area contributed by atoms with Gasteiger partial charge in [0.1, 0.15) is 0 Å². The van der Waals surface area contributed by atoms with Crippen molar-refractivity contribution in [2.24, 2.45) is 0 Å². The first-order valence-corrected chi connectivity index (χ1v) is 6.72. The van der Waals surface area contributed by atoms with Crippen LogP contribution in [0.1, 0.15) is 18.9 Å². The van der Waals surface area contributed by atoms with Gasteiger partial charge >= 0.3 is 0 Å². The van der Waals surface area contributed by atoms with Gasteiger partial charge in [-0.2, -0.15) is 0 Å². The lowest BCUT2D eigenvalue weighted by molar-refractivity contribution is 0.0290. The van der Waals surface area contributed by atoms with Crippen molar-refractivity contribution in [2.75, 3.05) is 19.7 Å². The van der Waals surface area contributed by atoms with E-state index in [0.29, 0.717) is 19.8 Å². The van der Waals surface area contributed by atoms with E-state index in [0.717, 1.165) is 23.0 Å². The van der Waals surface area contributed by atoms with E-state index in [1.165, 1.54) is 0 Å². The summed E-state index contributed by atoms with van der Waals surface area (Å²) in [6.07, 6.45) is 0.643. The Morgan fingerprint density at radius 3 is 2.71 bits per heavy atom. The highest BCUT2D eigenvalue weighted by Gasteiger charge is 2.03. The van der Waals surface area contributed by atoms with Crippen LogP contribution in [0.2, 0.25) is 0 Å². The predicted octanol–water partition coefficient (Wildman–Crippen LogP) is 2.33. The van der Waals surface area contributed by atoms with Crippen molar-refractivity contribution in [1.82, 2.24) is 5.32 Å². The SMILES string of the molecule is CCCNCC(O)COCc1ccc(Br)cc1. The van der Waals surface area contributed by atoms with Crippen LogP contribution < -0.4 is 5.32 Å². The Kier molecular flexibility index (Phi) is 7.44. The van der Waals surface area contributed by atoms with Crippen molar-refractivity contribution in [1.29, 1.82) is 0 Å². The molecule has 17 heavy (non-hydrogen) atoms. The molecule has 0 aliphatic heterocycles. The van der Waals surface area contributed by atoms with Gasteiger partial charge in [-0.3, -0.25) is 0 Å². The summed E-state index contributed by atoms with van der Waals surface area (Å²) in [7, 11) is 0. The topological polar surface area (TPSA) is 41.5 Å². The zero-order chi connectivity index (χ0) is 12.5. The maximum atomic E-state index is 9.60. The van der Waals surface area contributed by atoms with Crippen molar-refractivity contribution in [3.05, 3.63) is 34.3 Å². The van der Waals surface area contributed by atoms with E-state index in [4.69, 9.17) is 4.74 Å². The first-order chi connectivity index (χ1) is 8.22. The van der Waals surface area contributed by atoms with Crippen LogP contribution in [0.25, 0.3) is 0 Å². The van der Waals surface area contributed by atoms with Crippen LogP contribution in [-0.4, -0.2) is 30.9 Å². The highest BCUT2D eigenvalue weighted by atomic mass is 79.9. The number of rotatable bonds is 8. The third-order valence-corrected chi connectivity index (χ3v) is 2.83. The monoisotopic (exact) mass is 301 g/mol. The van der Waals surface area contributed by atoms with E-state index in [-0.39, 0.29) is 0 Å². The Morgan fingerprint density at radius 1 is 1.35 bits per heavy atom. The van der Waals surface area contributed by atoms with Gasteiger partial charge in [-0.15, -0.1) is 0 Å². The highest BCUT2D eigenvalue weighted by molar-refractivity contribution is 9.10. The maximum Gasteiger partial charge on any atom is 0.0897 e. The van der Waals surface area contributed by atoms with Crippen molar-refractivity contribution in [2.45, 2.75) is 26.1 Å². The summed E-state index contributed by atoms with van der Waals surface area (Å²) in [6, 6.07) is 7.98. The van der Waals surface area contributed by atoms with E-state index >= 15 is 0 Å². The Balaban J connectivity index is 2.12. The summed E-state index contributed by atoms with van der Waals surface area (Å²) in [6.45, 7) is 4.53. The molecule has 0 aliphatic carbocycles. The van der Waals surface area contributed by atoms with E-state index in [2.05, 4.69) is 28.2 Å². The molecule has 0 heterocycles. The Bertz CT molecular complexity index is 303. The van der Waals surface area contributed by atoms with Crippen molar-refractivity contribution in [3.63, 3.8) is 0 Å². The number of hydrogen-bond acceptors (Lipinski definition) is 3. The molecule has 1 aromatic carbocycles. The van der Waals surface area contributed by atoms with Crippen LogP contribution in [0.5, 0.6) is 0 Å². The smallest absolute Gasteiger partial charge is 0.0897 e. The highest BCUT2D eigenvalue weighted by Crippen LogP contribution is 2.11. The fourth-order valence-electron chi connectivity index (χ4n) is 1.40. The van der Waals surface area contributed by atoms with Gasteiger partial charge in [-0.25, -0.2) is 0 Å². The lowest BCUT2D eigenvalue weighted by Gasteiger charge is -2.12. The molecule has 0 aromatic heterocycles. The Labute approximate surface area is 111 Å². The van der Waals surface area contributed by atoms with Gasteiger partial charge in [-0.05, 0) is 30.7 Å². The van der Waals surface area contributed by atoms with E-state index in [1.807, 2.05) is 24.3 Å². The third kappa shape index (κ3) is 6.78. The molecule has 4 heteroatoms. The first-order valence-electron chi connectivity index (χ1n) is 5.93. The van der Waals surface area contributed by atoms with E-state index in [9.17, 15) is 5.11 Å². The molecular formula is C13H20BrNO2. The molecule has 0 amide bonds. The first kappa shape index (κ1) is 14.6. The summed E-state index contributed by atoms with van der Waals surface area (Å²) in [5.41, 5.74) is 1.11. The molecule has 0 saturated heterocycles. The lowest BCUT2D eigenvalue weighted by atomic mass is 10.2. The lowest BCUT2D eigenvalue weighted by Crippen LogP contribution is -2.30.